The van der Waals surface area contributed by atoms with E-state index in [1.54, 1.807) is 4.90 Å². The lowest BCUT2D eigenvalue weighted by Crippen LogP contribution is -2.48. The normalized spacial score (nSPS) is 21.1. The third-order valence-electron chi connectivity index (χ3n) is 4.44. The predicted molar refractivity (Wildman–Crippen MR) is 91.2 cm³/mol. The van der Waals surface area contributed by atoms with Crippen molar-refractivity contribution in [1.82, 2.24) is 20.1 Å². The van der Waals surface area contributed by atoms with Gasteiger partial charge in [-0.3, -0.25) is 19.5 Å². The zero-order valence-corrected chi connectivity index (χ0v) is 14.6. The minimum atomic E-state index is -0.653. The van der Waals surface area contributed by atoms with Crippen LogP contribution in [0.4, 0.5) is 4.39 Å². The van der Waals surface area contributed by atoms with Crippen molar-refractivity contribution in [3.05, 3.63) is 29.8 Å². The number of rotatable bonds is 5. The van der Waals surface area contributed by atoms with Gasteiger partial charge in [0.2, 0.25) is 5.91 Å². The summed E-state index contributed by atoms with van der Waals surface area (Å²) in [5.41, 5.74) is -0.0380. The molecule has 2 amide bonds. The summed E-state index contributed by atoms with van der Waals surface area (Å²) in [6.45, 7) is 4.29. The fourth-order valence-corrected chi connectivity index (χ4v) is 3.13. The van der Waals surface area contributed by atoms with E-state index in [4.69, 9.17) is 4.74 Å². The molecule has 25 heavy (non-hydrogen) atoms. The van der Waals surface area contributed by atoms with Crippen molar-refractivity contribution in [3.63, 3.8) is 0 Å². The van der Waals surface area contributed by atoms with Gasteiger partial charge in [0.05, 0.1) is 31.0 Å². The van der Waals surface area contributed by atoms with Crippen LogP contribution in [0.5, 0.6) is 0 Å². The Bertz CT molecular complexity index is 613. The molecule has 0 aliphatic carbocycles. The van der Waals surface area contributed by atoms with Gasteiger partial charge in [-0.25, -0.2) is 4.39 Å². The highest BCUT2D eigenvalue weighted by molar-refractivity contribution is 5.94. The van der Waals surface area contributed by atoms with Gasteiger partial charge in [0, 0.05) is 38.9 Å². The van der Waals surface area contributed by atoms with Crippen LogP contribution >= 0.6 is 12.4 Å². The van der Waals surface area contributed by atoms with Gasteiger partial charge in [-0.2, -0.15) is 0 Å². The number of likely N-dealkylation sites (tertiary alicyclic amines) is 1. The molecule has 1 atom stereocenters. The van der Waals surface area contributed by atoms with E-state index < -0.39 is 11.7 Å². The van der Waals surface area contributed by atoms with Gasteiger partial charge in [-0.05, 0) is 12.5 Å². The fourth-order valence-electron chi connectivity index (χ4n) is 3.13. The Morgan fingerprint density at radius 3 is 2.84 bits per heavy atom. The largest absolute Gasteiger partial charge is 0.379 e. The van der Waals surface area contributed by atoms with Crippen LogP contribution in [0.25, 0.3) is 0 Å². The van der Waals surface area contributed by atoms with Crippen molar-refractivity contribution >= 4 is 24.2 Å². The first kappa shape index (κ1) is 19.6. The SMILES string of the molecule is Cl.O=C(NCCN1CCC(N2CCOCC2)C1=O)c1ccncc1F. The molecule has 1 aromatic heterocycles. The Labute approximate surface area is 151 Å². The van der Waals surface area contributed by atoms with E-state index in [1.165, 1.54) is 12.3 Å². The maximum absolute atomic E-state index is 13.5. The first-order valence-electron chi connectivity index (χ1n) is 8.15. The molecule has 1 aromatic rings. The molecule has 1 N–H and O–H groups in total. The minimum absolute atomic E-state index is 0. The summed E-state index contributed by atoms with van der Waals surface area (Å²) < 4.78 is 18.8. The lowest BCUT2D eigenvalue weighted by Gasteiger charge is -2.31. The molecule has 0 radical (unpaired) electrons. The Kier molecular flexibility index (Phi) is 7.10. The van der Waals surface area contributed by atoms with Crippen molar-refractivity contribution in [2.45, 2.75) is 12.5 Å². The second-order valence-electron chi connectivity index (χ2n) is 5.89. The van der Waals surface area contributed by atoms with E-state index in [1.807, 2.05) is 0 Å². The average Bonchev–Trinajstić information content (AvgIpc) is 2.97. The molecule has 2 saturated heterocycles. The smallest absolute Gasteiger partial charge is 0.254 e. The predicted octanol–water partition coefficient (Wildman–Crippen LogP) is 0.305. The second-order valence-corrected chi connectivity index (χ2v) is 5.89. The maximum Gasteiger partial charge on any atom is 0.254 e. The number of halogens is 2. The molecule has 9 heteroatoms. The summed E-state index contributed by atoms with van der Waals surface area (Å²) in [5, 5.41) is 2.65. The molecule has 3 rings (SSSR count). The summed E-state index contributed by atoms with van der Waals surface area (Å²) in [4.78, 5) is 31.9. The summed E-state index contributed by atoms with van der Waals surface area (Å²) in [6.07, 6.45) is 3.17. The van der Waals surface area contributed by atoms with Gasteiger partial charge >= 0.3 is 0 Å². The molecule has 2 aliphatic rings. The highest BCUT2D eigenvalue weighted by Crippen LogP contribution is 2.18. The van der Waals surface area contributed by atoms with E-state index in [0.29, 0.717) is 32.8 Å². The lowest BCUT2D eigenvalue weighted by atomic mass is 10.2. The molecular weight excluding hydrogens is 351 g/mol. The molecule has 0 bridgehead atoms. The number of aromatic nitrogens is 1. The Morgan fingerprint density at radius 1 is 1.36 bits per heavy atom. The zero-order chi connectivity index (χ0) is 16.9. The highest BCUT2D eigenvalue weighted by Gasteiger charge is 2.36. The van der Waals surface area contributed by atoms with Gasteiger partial charge in [0.1, 0.15) is 0 Å². The number of hydrogen-bond donors (Lipinski definition) is 1. The van der Waals surface area contributed by atoms with Crippen molar-refractivity contribution in [2.75, 3.05) is 45.9 Å². The second kappa shape index (κ2) is 9.07. The summed E-state index contributed by atoms with van der Waals surface area (Å²) in [7, 11) is 0. The van der Waals surface area contributed by atoms with Crippen LogP contribution < -0.4 is 5.32 Å². The average molecular weight is 373 g/mol. The molecule has 0 saturated carbocycles. The topological polar surface area (TPSA) is 74.8 Å². The van der Waals surface area contributed by atoms with Crippen LogP contribution in [0.15, 0.2) is 18.5 Å². The zero-order valence-electron chi connectivity index (χ0n) is 13.8. The van der Waals surface area contributed by atoms with E-state index in [9.17, 15) is 14.0 Å². The molecule has 7 nitrogen and oxygen atoms in total. The summed E-state index contributed by atoms with van der Waals surface area (Å²) in [5.74, 6) is -1.05. The van der Waals surface area contributed by atoms with Gasteiger partial charge in [-0.1, -0.05) is 0 Å². The van der Waals surface area contributed by atoms with Crippen LogP contribution in [0, 0.1) is 5.82 Å². The van der Waals surface area contributed by atoms with Crippen LogP contribution in [-0.4, -0.2) is 78.6 Å². The van der Waals surface area contributed by atoms with Crippen LogP contribution in [0.3, 0.4) is 0 Å². The monoisotopic (exact) mass is 372 g/mol. The molecular formula is C16H22ClFN4O3. The fraction of sp³-hybridized carbons (Fsp3) is 0.562. The van der Waals surface area contributed by atoms with Crippen LogP contribution in [0.1, 0.15) is 16.8 Å². The number of carbonyl (C=O) groups is 2. The minimum Gasteiger partial charge on any atom is -0.379 e. The Hall–Kier alpha value is -1.77. The first-order valence-corrected chi connectivity index (χ1v) is 8.15. The van der Waals surface area contributed by atoms with Crippen molar-refractivity contribution < 1.29 is 18.7 Å². The molecule has 138 valence electrons. The third kappa shape index (κ3) is 4.65. The molecule has 0 spiro atoms. The number of nitrogens with zero attached hydrogens (tertiary/aromatic N) is 3. The standard InChI is InChI=1S/C16H21FN4O3.ClH/c17-13-11-18-3-1-12(13)15(22)19-4-6-21-5-2-14(16(21)23)20-7-9-24-10-8-20;/h1,3,11,14H,2,4-10H2,(H,19,22);1H. The van der Waals surface area contributed by atoms with E-state index in [0.717, 1.165) is 25.7 Å². The van der Waals surface area contributed by atoms with Gasteiger partial charge < -0.3 is 15.0 Å². The number of carbonyl (C=O) groups excluding carboxylic acids is 2. The van der Waals surface area contributed by atoms with Crippen molar-refractivity contribution in [1.29, 1.82) is 0 Å². The maximum atomic E-state index is 13.5. The van der Waals surface area contributed by atoms with E-state index >= 15 is 0 Å². The summed E-state index contributed by atoms with van der Waals surface area (Å²) >= 11 is 0. The van der Waals surface area contributed by atoms with Crippen molar-refractivity contribution in [3.8, 4) is 0 Å². The molecule has 3 heterocycles. The molecule has 1 unspecified atom stereocenters. The van der Waals surface area contributed by atoms with Crippen LogP contribution in [-0.2, 0) is 9.53 Å². The first-order chi connectivity index (χ1) is 11.7. The summed E-state index contributed by atoms with van der Waals surface area (Å²) in [6, 6.07) is 1.25. The van der Waals surface area contributed by atoms with Crippen molar-refractivity contribution in [2.24, 2.45) is 0 Å². The number of hydrogen-bond acceptors (Lipinski definition) is 5. The molecule has 2 aliphatic heterocycles. The number of ether oxygens (including phenoxy) is 1. The molecule has 0 aromatic carbocycles. The van der Waals surface area contributed by atoms with Gasteiger partial charge in [0.15, 0.2) is 5.82 Å². The number of pyridine rings is 1. The lowest BCUT2D eigenvalue weighted by molar-refractivity contribution is -0.133. The number of amides is 2. The number of nitrogens with one attached hydrogen (secondary N) is 1. The van der Waals surface area contributed by atoms with Crippen LogP contribution in [0.2, 0.25) is 0 Å². The Balaban J connectivity index is 0.00000225. The number of morpholine rings is 1. The Morgan fingerprint density at radius 2 is 2.12 bits per heavy atom. The quantitative estimate of drug-likeness (QED) is 0.805. The van der Waals surface area contributed by atoms with Gasteiger partial charge in [0.25, 0.3) is 5.91 Å². The van der Waals surface area contributed by atoms with E-state index in [2.05, 4.69) is 15.2 Å². The van der Waals surface area contributed by atoms with Gasteiger partial charge in [-0.15, -0.1) is 12.4 Å². The third-order valence-corrected chi connectivity index (χ3v) is 4.44. The molecule has 2 fully saturated rings. The highest BCUT2D eigenvalue weighted by atomic mass is 35.5. The van der Waals surface area contributed by atoms with E-state index in [-0.39, 0.29) is 29.9 Å².